The van der Waals surface area contributed by atoms with Gasteiger partial charge in [0, 0.05) is 23.9 Å². The number of thioether (sulfide) groups is 1. The number of pyridine rings is 1. The number of carbonyl (C=O) groups excluding carboxylic acids is 1. The van der Waals surface area contributed by atoms with E-state index in [1.807, 2.05) is 0 Å². The second-order valence-electron chi connectivity index (χ2n) is 4.35. The van der Waals surface area contributed by atoms with Crippen molar-refractivity contribution in [3.8, 4) is 5.75 Å². The number of anilines is 1. The fourth-order valence-electron chi connectivity index (χ4n) is 1.68. The average molecular weight is 304 g/mol. The lowest BCUT2D eigenvalue weighted by molar-refractivity contribution is -0.645. The van der Waals surface area contributed by atoms with Crippen LogP contribution in [-0.4, -0.2) is 18.3 Å². The monoisotopic (exact) mass is 304 g/mol. The second-order valence-corrected chi connectivity index (χ2v) is 5.71. The summed E-state index contributed by atoms with van der Waals surface area (Å²) < 4.78 is 5.86. The zero-order valence-corrected chi connectivity index (χ0v) is 12.6. The lowest BCUT2D eigenvalue weighted by Gasteiger charge is -2.12. The van der Waals surface area contributed by atoms with Crippen LogP contribution in [0.4, 0.5) is 5.69 Å². The number of amides is 1. The van der Waals surface area contributed by atoms with Gasteiger partial charge in [0.1, 0.15) is 5.75 Å². The molecule has 1 aromatic carbocycles. The van der Waals surface area contributed by atoms with Gasteiger partial charge >= 0.3 is 0 Å². The first-order valence-electron chi connectivity index (χ1n) is 6.40. The number of nitrogens with one attached hydrogen (secondary N) is 1. The molecule has 2 aromatic rings. The number of ether oxygens (including phenoxy) is 1. The Morgan fingerprint density at radius 2 is 2.14 bits per heavy atom. The minimum Gasteiger partial charge on any atom is -0.618 e. The first-order chi connectivity index (χ1) is 10.1. The molecule has 0 saturated carbocycles. The summed E-state index contributed by atoms with van der Waals surface area (Å²) in [6.07, 6.45) is 1.41. The highest BCUT2D eigenvalue weighted by Crippen LogP contribution is 2.22. The van der Waals surface area contributed by atoms with E-state index in [1.165, 1.54) is 18.0 Å². The second kappa shape index (κ2) is 6.99. The molecule has 1 N–H and O–H groups in total. The Labute approximate surface area is 127 Å². The molecule has 21 heavy (non-hydrogen) atoms. The zero-order valence-electron chi connectivity index (χ0n) is 11.8. The Kier molecular flexibility index (Phi) is 5.05. The molecular formula is C15H16N2O3S. The molecule has 0 aliphatic rings. The third kappa shape index (κ3) is 4.13. The number of methoxy groups -OCH3 is 1. The van der Waals surface area contributed by atoms with Gasteiger partial charge in [-0.3, -0.25) is 4.79 Å². The number of benzene rings is 1. The van der Waals surface area contributed by atoms with Crippen LogP contribution in [0, 0.1) is 5.21 Å². The molecular weight excluding hydrogens is 288 g/mol. The zero-order chi connectivity index (χ0) is 15.2. The highest BCUT2D eigenvalue weighted by molar-refractivity contribution is 8.00. The SMILES string of the molecule is COc1cccc(NC(=O)[C@H](C)Sc2cccc[n+]2[O-])c1. The number of hydrogen-bond acceptors (Lipinski definition) is 4. The molecule has 1 heterocycles. The third-order valence-corrected chi connectivity index (χ3v) is 3.92. The van der Waals surface area contributed by atoms with Crippen LogP contribution in [0.15, 0.2) is 53.7 Å². The Balaban J connectivity index is 2.01. The quantitative estimate of drug-likeness (QED) is 0.523. The van der Waals surface area contributed by atoms with Crippen molar-refractivity contribution in [3.05, 3.63) is 53.9 Å². The highest BCUT2D eigenvalue weighted by Gasteiger charge is 2.18. The van der Waals surface area contributed by atoms with Crippen LogP contribution >= 0.6 is 11.8 Å². The van der Waals surface area contributed by atoms with Crippen LogP contribution in [0.1, 0.15) is 6.92 Å². The lowest BCUT2D eigenvalue weighted by Crippen LogP contribution is -2.30. The first-order valence-corrected chi connectivity index (χ1v) is 7.28. The molecule has 0 bridgehead atoms. The van der Waals surface area contributed by atoms with Crippen molar-refractivity contribution in [2.75, 3.05) is 12.4 Å². The summed E-state index contributed by atoms with van der Waals surface area (Å²) in [5, 5.41) is 14.5. The van der Waals surface area contributed by atoms with E-state index in [9.17, 15) is 10.0 Å². The lowest BCUT2D eigenvalue weighted by atomic mass is 10.3. The van der Waals surface area contributed by atoms with Gasteiger partial charge in [0.25, 0.3) is 5.03 Å². The van der Waals surface area contributed by atoms with Crippen molar-refractivity contribution in [2.45, 2.75) is 17.2 Å². The van der Waals surface area contributed by atoms with E-state index in [1.54, 1.807) is 56.5 Å². The van der Waals surface area contributed by atoms with Crippen molar-refractivity contribution in [1.29, 1.82) is 0 Å². The van der Waals surface area contributed by atoms with E-state index in [2.05, 4.69) is 5.32 Å². The standard InChI is InChI=1S/C15H16N2O3S/c1-11(21-14-8-3-4-9-17(14)19)15(18)16-12-6-5-7-13(10-12)20-2/h3-11H,1-2H3,(H,16,18)/t11-/m0/s1. The topological polar surface area (TPSA) is 65.3 Å². The van der Waals surface area contributed by atoms with Crippen molar-refractivity contribution in [2.24, 2.45) is 0 Å². The van der Waals surface area contributed by atoms with Crippen molar-refractivity contribution >= 4 is 23.4 Å². The van der Waals surface area contributed by atoms with E-state index in [0.717, 1.165) is 4.73 Å². The maximum atomic E-state index is 12.1. The molecule has 0 aliphatic heterocycles. The summed E-state index contributed by atoms with van der Waals surface area (Å²) >= 11 is 1.21. The van der Waals surface area contributed by atoms with Crippen LogP contribution in [-0.2, 0) is 4.79 Å². The summed E-state index contributed by atoms with van der Waals surface area (Å²) in [4.78, 5) is 12.1. The minimum absolute atomic E-state index is 0.169. The van der Waals surface area contributed by atoms with Gasteiger partial charge in [-0.15, -0.1) is 0 Å². The van der Waals surface area contributed by atoms with Gasteiger partial charge in [0.15, 0.2) is 6.20 Å². The van der Waals surface area contributed by atoms with E-state index in [0.29, 0.717) is 16.5 Å². The molecule has 1 aromatic heterocycles. The van der Waals surface area contributed by atoms with Crippen molar-refractivity contribution in [1.82, 2.24) is 0 Å². The van der Waals surface area contributed by atoms with Crippen molar-refractivity contribution in [3.63, 3.8) is 0 Å². The Hall–Kier alpha value is -2.21. The van der Waals surface area contributed by atoms with E-state index in [-0.39, 0.29) is 11.2 Å². The van der Waals surface area contributed by atoms with Gasteiger partial charge in [0.05, 0.1) is 12.4 Å². The average Bonchev–Trinajstić information content (AvgIpc) is 2.49. The molecule has 0 spiro atoms. The summed E-state index contributed by atoms with van der Waals surface area (Å²) in [5.41, 5.74) is 0.662. The molecule has 0 fully saturated rings. The van der Waals surface area contributed by atoms with Crippen LogP contribution in [0.25, 0.3) is 0 Å². The van der Waals surface area contributed by atoms with Gasteiger partial charge < -0.3 is 15.3 Å². The molecule has 0 unspecified atom stereocenters. The third-order valence-electron chi connectivity index (χ3n) is 2.79. The van der Waals surface area contributed by atoms with Crippen LogP contribution in [0.5, 0.6) is 5.75 Å². The summed E-state index contributed by atoms with van der Waals surface area (Å²) in [5.74, 6) is 0.505. The van der Waals surface area contributed by atoms with E-state index < -0.39 is 0 Å². The molecule has 0 saturated heterocycles. The van der Waals surface area contributed by atoms with E-state index >= 15 is 0 Å². The smallest absolute Gasteiger partial charge is 0.252 e. The maximum absolute atomic E-state index is 12.1. The summed E-state index contributed by atoms with van der Waals surface area (Å²) in [6.45, 7) is 1.76. The van der Waals surface area contributed by atoms with E-state index in [4.69, 9.17) is 4.74 Å². The Bertz CT molecular complexity index is 634. The fraction of sp³-hybridized carbons (Fsp3) is 0.200. The van der Waals surface area contributed by atoms with Crippen molar-refractivity contribution < 1.29 is 14.3 Å². The van der Waals surface area contributed by atoms with Gasteiger partial charge in [0.2, 0.25) is 5.91 Å². The molecule has 6 heteroatoms. The Morgan fingerprint density at radius 3 is 2.86 bits per heavy atom. The number of rotatable bonds is 5. The maximum Gasteiger partial charge on any atom is 0.252 e. The first kappa shape index (κ1) is 15.2. The number of aromatic nitrogens is 1. The molecule has 0 aliphatic carbocycles. The predicted molar refractivity (Wildman–Crippen MR) is 82.3 cm³/mol. The molecule has 1 atom stereocenters. The number of carbonyl (C=O) groups is 1. The normalized spacial score (nSPS) is 11.7. The van der Waals surface area contributed by atoms with Crippen LogP contribution in [0.3, 0.4) is 0 Å². The van der Waals surface area contributed by atoms with Crippen LogP contribution in [0.2, 0.25) is 0 Å². The fourth-order valence-corrected chi connectivity index (χ4v) is 2.53. The highest BCUT2D eigenvalue weighted by atomic mass is 32.2. The summed E-state index contributed by atoms with van der Waals surface area (Å²) in [6, 6.07) is 12.2. The number of hydrogen-bond donors (Lipinski definition) is 1. The minimum atomic E-state index is -0.390. The van der Waals surface area contributed by atoms with Gasteiger partial charge in [-0.1, -0.05) is 6.07 Å². The number of nitrogens with zero attached hydrogens (tertiary/aromatic N) is 1. The van der Waals surface area contributed by atoms with Gasteiger partial charge in [-0.25, -0.2) is 0 Å². The molecule has 1 amide bonds. The summed E-state index contributed by atoms with van der Waals surface area (Å²) in [7, 11) is 1.57. The molecule has 5 nitrogen and oxygen atoms in total. The largest absolute Gasteiger partial charge is 0.618 e. The van der Waals surface area contributed by atoms with Gasteiger partial charge in [-0.05, 0) is 36.9 Å². The Morgan fingerprint density at radius 1 is 1.33 bits per heavy atom. The molecule has 0 radical (unpaired) electrons. The van der Waals surface area contributed by atoms with Crippen LogP contribution < -0.4 is 14.8 Å². The molecule has 110 valence electrons. The predicted octanol–water partition coefficient (Wildman–Crippen LogP) is 2.45. The molecule has 2 rings (SSSR count). The van der Waals surface area contributed by atoms with Gasteiger partial charge in [-0.2, -0.15) is 4.73 Å².